The van der Waals surface area contributed by atoms with Crippen molar-refractivity contribution in [1.82, 2.24) is 4.98 Å². The van der Waals surface area contributed by atoms with Gasteiger partial charge in [-0.25, -0.2) is 0 Å². The Labute approximate surface area is 151 Å². The van der Waals surface area contributed by atoms with Crippen molar-refractivity contribution in [1.29, 1.82) is 0 Å². The number of benzene rings is 2. The average molecular weight is 353 g/mol. The van der Waals surface area contributed by atoms with Crippen molar-refractivity contribution < 1.29 is 23.7 Å². The molecule has 1 aromatic heterocycles. The van der Waals surface area contributed by atoms with Crippen LogP contribution in [0.15, 0.2) is 48.7 Å². The molecule has 0 saturated heterocycles. The zero-order valence-electron chi connectivity index (χ0n) is 14.8. The summed E-state index contributed by atoms with van der Waals surface area (Å²) in [6.07, 6.45) is 1.82. The monoisotopic (exact) mass is 353 g/mol. The summed E-state index contributed by atoms with van der Waals surface area (Å²) >= 11 is 0. The maximum absolute atomic E-state index is 11.5. The molecular formula is C20H19NO5. The maximum atomic E-state index is 11.5. The van der Waals surface area contributed by atoms with Crippen LogP contribution in [-0.4, -0.2) is 32.3 Å². The van der Waals surface area contributed by atoms with E-state index in [1.807, 2.05) is 18.2 Å². The Morgan fingerprint density at radius 2 is 1.73 bits per heavy atom. The molecule has 0 amide bonds. The Morgan fingerprint density at radius 3 is 2.46 bits per heavy atom. The lowest BCUT2D eigenvalue weighted by Gasteiger charge is -2.13. The summed E-state index contributed by atoms with van der Waals surface area (Å²) in [6.45, 7) is 0. The van der Waals surface area contributed by atoms with Crippen LogP contribution in [0.1, 0.15) is 5.56 Å². The number of carbonyl (C=O) groups excluding carboxylic acids is 1. The molecule has 26 heavy (non-hydrogen) atoms. The van der Waals surface area contributed by atoms with E-state index in [1.165, 1.54) is 7.11 Å². The molecule has 0 radical (unpaired) electrons. The summed E-state index contributed by atoms with van der Waals surface area (Å²) in [5, 5.41) is 0.837. The maximum Gasteiger partial charge on any atom is 0.310 e. The van der Waals surface area contributed by atoms with Gasteiger partial charge in [0.2, 0.25) is 0 Å². The van der Waals surface area contributed by atoms with Crippen molar-refractivity contribution >= 4 is 16.9 Å². The molecule has 0 N–H and O–H groups in total. The fourth-order valence-electron chi connectivity index (χ4n) is 2.61. The number of esters is 1. The second-order valence-electron chi connectivity index (χ2n) is 5.52. The predicted octanol–water partition coefficient (Wildman–Crippen LogP) is 3.76. The highest BCUT2D eigenvalue weighted by Gasteiger charge is 2.12. The van der Waals surface area contributed by atoms with E-state index in [2.05, 4.69) is 4.98 Å². The van der Waals surface area contributed by atoms with E-state index >= 15 is 0 Å². The first-order valence-electron chi connectivity index (χ1n) is 7.99. The van der Waals surface area contributed by atoms with Gasteiger partial charge in [-0.15, -0.1) is 0 Å². The van der Waals surface area contributed by atoms with E-state index in [9.17, 15) is 4.79 Å². The molecule has 0 bridgehead atoms. The van der Waals surface area contributed by atoms with Gasteiger partial charge >= 0.3 is 5.97 Å². The van der Waals surface area contributed by atoms with Crippen LogP contribution in [0.5, 0.6) is 23.0 Å². The van der Waals surface area contributed by atoms with Crippen molar-refractivity contribution in [2.24, 2.45) is 0 Å². The van der Waals surface area contributed by atoms with Crippen LogP contribution in [0.2, 0.25) is 0 Å². The van der Waals surface area contributed by atoms with Crippen molar-refractivity contribution in [3.63, 3.8) is 0 Å². The van der Waals surface area contributed by atoms with Gasteiger partial charge in [0, 0.05) is 23.2 Å². The molecular weight excluding hydrogens is 334 g/mol. The molecule has 3 rings (SSSR count). The van der Waals surface area contributed by atoms with Crippen LogP contribution in [0, 0.1) is 0 Å². The minimum Gasteiger partial charge on any atom is -0.497 e. The Hall–Kier alpha value is -3.28. The van der Waals surface area contributed by atoms with Crippen molar-refractivity contribution in [2.75, 3.05) is 21.3 Å². The van der Waals surface area contributed by atoms with E-state index in [4.69, 9.17) is 18.9 Å². The third-order valence-corrected chi connectivity index (χ3v) is 3.96. The predicted molar refractivity (Wildman–Crippen MR) is 97.1 cm³/mol. The molecule has 0 saturated carbocycles. The highest BCUT2D eigenvalue weighted by molar-refractivity contribution is 5.86. The van der Waals surface area contributed by atoms with Crippen molar-refractivity contribution in [3.05, 3.63) is 54.2 Å². The molecule has 0 aliphatic carbocycles. The molecule has 0 unspecified atom stereocenters. The molecule has 3 aromatic rings. The largest absolute Gasteiger partial charge is 0.497 e. The number of rotatable bonds is 6. The van der Waals surface area contributed by atoms with Crippen molar-refractivity contribution in [3.8, 4) is 23.0 Å². The summed E-state index contributed by atoms with van der Waals surface area (Å²) in [5.74, 6) is 2.19. The quantitative estimate of drug-likeness (QED) is 0.629. The first-order chi connectivity index (χ1) is 12.6. The number of methoxy groups -OCH3 is 3. The van der Waals surface area contributed by atoms with Gasteiger partial charge in [0.25, 0.3) is 0 Å². The van der Waals surface area contributed by atoms with Crippen LogP contribution < -0.4 is 14.2 Å². The van der Waals surface area contributed by atoms with Crippen LogP contribution in [0.25, 0.3) is 10.9 Å². The minimum atomic E-state index is -0.329. The summed E-state index contributed by atoms with van der Waals surface area (Å²) in [7, 11) is 4.52. The molecule has 0 atom stereocenters. The molecule has 0 aliphatic heterocycles. The fraction of sp³-hybridized carbons (Fsp3) is 0.200. The second kappa shape index (κ2) is 7.74. The van der Waals surface area contributed by atoms with Gasteiger partial charge in [-0.1, -0.05) is 6.07 Å². The molecule has 0 spiro atoms. The lowest BCUT2D eigenvalue weighted by atomic mass is 10.1. The fourth-order valence-corrected chi connectivity index (χ4v) is 2.61. The summed E-state index contributed by atoms with van der Waals surface area (Å²) < 4.78 is 21.4. The zero-order valence-corrected chi connectivity index (χ0v) is 14.8. The molecule has 2 aromatic carbocycles. The van der Waals surface area contributed by atoms with Crippen molar-refractivity contribution in [2.45, 2.75) is 6.42 Å². The number of hydrogen-bond donors (Lipinski definition) is 0. The van der Waals surface area contributed by atoms with Crippen LogP contribution >= 0.6 is 0 Å². The first kappa shape index (κ1) is 17.5. The molecule has 6 nitrogen and oxygen atoms in total. The van der Waals surface area contributed by atoms with Gasteiger partial charge in [0.15, 0.2) is 0 Å². The van der Waals surface area contributed by atoms with Gasteiger partial charge in [-0.3, -0.25) is 9.78 Å². The Morgan fingerprint density at radius 1 is 0.923 bits per heavy atom. The van der Waals surface area contributed by atoms with Gasteiger partial charge in [0.1, 0.15) is 23.0 Å². The number of hydrogen-bond acceptors (Lipinski definition) is 6. The molecule has 6 heteroatoms. The summed E-state index contributed by atoms with van der Waals surface area (Å²) in [4.78, 5) is 15.8. The van der Waals surface area contributed by atoms with E-state index in [0.29, 0.717) is 17.2 Å². The van der Waals surface area contributed by atoms with E-state index in [-0.39, 0.29) is 12.4 Å². The lowest BCUT2D eigenvalue weighted by Crippen LogP contribution is -2.05. The number of aromatic nitrogens is 1. The lowest BCUT2D eigenvalue weighted by molar-refractivity contribution is -0.139. The molecule has 134 valence electrons. The van der Waals surface area contributed by atoms with E-state index in [1.54, 1.807) is 44.7 Å². The first-order valence-corrected chi connectivity index (χ1v) is 7.99. The summed E-state index contributed by atoms with van der Waals surface area (Å²) in [6, 6.07) is 12.7. The number of nitrogens with zero attached hydrogens (tertiary/aromatic N) is 1. The Kier molecular flexibility index (Phi) is 5.22. The highest BCUT2D eigenvalue weighted by atomic mass is 16.5. The molecule has 1 heterocycles. The van der Waals surface area contributed by atoms with Crippen LogP contribution in [0.3, 0.4) is 0 Å². The number of pyridine rings is 1. The highest BCUT2D eigenvalue weighted by Crippen LogP contribution is 2.33. The molecule has 0 aliphatic rings. The smallest absolute Gasteiger partial charge is 0.310 e. The Bertz CT molecular complexity index is 939. The average Bonchev–Trinajstić information content (AvgIpc) is 2.68. The third kappa shape index (κ3) is 3.69. The minimum absolute atomic E-state index is 0.134. The SMILES string of the molecule is COC(=O)Cc1ccc(Oc2ccnc3ccc(OC)cc23)cc1OC. The second-order valence-corrected chi connectivity index (χ2v) is 5.52. The number of carbonyl (C=O) groups is 1. The zero-order chi connectivity index (χ0) is 18.5. The van der Waals surface area contributed by atoms with Gasteiger partial charge in [0.05, 0.1) is 33.3 Å². The molecule has 0 fully saturated rings. The van der Waals surface area contributed by atoms with Gasteiger partial charge < -0.3 is 18.9 Å². The van der Waals surface area contributed by atoms with Gasteiger partial charge in [-0.05, 0) is 30.3 Å². The van der Waals surface area contributed by atoms with Crippen LogP contribution in [-0.2, 0) is 16.0 Å². The third-order valence-electron chi connectivity index (χ3n) is 3.96. The van der Waals surface area contributed by atoms with Crippen LogP contribution in [0.4, 0.5) is 0 Å². The Balaban J connectivity index is 1.93. The normalized spacial score (nSPS) is 10.4. The summed E-state index contributed by atoms with van der Waals surface area (Å²) in [5.41, 5.74) is 1.53. The topological polar surface area (TPSA) is 66.9 Å². The van der Waals surface area contributed by atoms with Gasteiger partial charge in [-0.2, -0.15) is 0 Å². The standard InChI is InChI=1S/C20H19NO5/c1-23-14-6-7-17-16(11-14)18(8-9-21-17)26-15-5-4-13(10-20(22)25-3)19(12-15)24-2/h4-9,11-12H,10H2,1-3H3. The number of ether oxygens (including phenoxy) is 4. The number of fused-ring (bicyclic) bond motifs is 1. The van der Waals surface area contributed by atoms with E-state index in [0.717, 1.165) is 22.2 Å². The van der Waals surface area contributed by atoms with E-state index < -0.39 is 0 Å².